The van der Waals surface area contributed by atoms with E-state index >= 15 is 0 Å². The molecule has 11 heteroatoms. The van der Waals surface area contributed by atoms with Gasteiger partial charge in [0.1, 0.15) is 0 Å². The van der Waals surface area contributed by atoms with E-state index in [1.807, 2.05) is 35.1 Å². The molecule has 0 atom stereocenters. The predicted molar refractivity (Wildman–Crippen MR) is 134 cm³/mol. The number of para-hydroxylation sites is 1. The van der Waals surface area contributed by atoms with E-state index < -0.39 is 21.8 Å². The quantitative estimate of drug-likeness (QED) is 0.368. The number of carbonyl (C=O) groups is 2. The minimum Gasteiger partial charge on any atom is -0.321 e. The lowest BCUT2D eigenvalue weighted by molar-refractivity contribution is -0.117. The zero-order valence-corrected chi connectivity index (χ0v) is 20.5. The van der Waals surface area contributed by atoms with E-state index in [-0.39, 0.29) is 10.6 Å². The van der Waals surface area contributed by atoms with E-state index in [0.717, 1.165) is 12.6 Å². The molecule has 0 unspecified atom stereocenters. The van der Waals surface area contributed by atoms with Gasteiger partial charge in [-0.1, -0.05) is 41.4 Å². The van der Waals surface area contributed by atoms with Gasteiger partial charge < -0.3 is 5.32 Å². The Bertz CT molecular complexity index is 1520. The normalized spacial score (nSPS) is 11.2. The minimum absolute atomic E-state index is 0.112. The van der Waals surface area contributed by atoms with Crippen LogP contribution in [0.5, 0.6) is 0 Å². The van der Waals surface area contributed by atoms with E-state index in [0.29, 0.717) is 27.0 Å². The summed E-state index contributed by atoms with van der Waals surface area (Å²) in [6.45, 7) is 1.10. The van der Waals surface area contributed by atoms with E-state index in [9.17, 15) is 18.0 Å². The third kappa shape index (κ3) is 5.54. The number of anilines is 1. The highest BCUT2D eigenvalue weighted by atomic mass is 35.5. The van der Waals surface area contributed by atoms with E-state index in [2.05, 4.69) is 10.4 Å². The lowest BCUT2D eigenvalue weighted by atomic mass is 10.1. The number of carbonyl (C=O) groups excluding carboxylic acids is 2. The fraction of sp³-hybridized carbons (Fsp3) is 0.0417. The van der Waals surface area contributed by atoms with Crippen molar-refractivity contribution in [1.82, 2.24) is 14.5 Å². The molecule has 0 aliphatic carbocycles. The predicted octanol–water partition coefficient (Wildman–Crippen LogP) is 4.92. The zero-order valence-electron chi connectivity index (χ0n) is 18.2. The number of nitrogens with zero attached hydrogens (tertiary/aromatic N) is 2. The molecule has 35 heavy (non-hydrogen) atoms. The minimum atomic E-state index is -3.98. The molecule has 2 N–H and O–H groups in total. The van der Waals surface area contributed by atoms with Crippen LogP contribution in [0.25, 0.3) is 16.9 Å². The van der Waals surface area contributed by atoms with Crippen LogP contribution in [0.15, 0.2) is 83.8 Å². The molecular weight excluding hydrogens is 511 g/mol. The van der Waals surface area contributed by atoms with E-state index in [1.165, 1.54) is 24.3 Å². The Morgan fingerprint density at radius 3 is 2.23 bits per heavy atom. The number of rotatable bonds is 6. The van der Waals surface area contributed by atoms with E-state index in [4.69, 9.17) is 23.2 Å². The van der Waals surface area contributed by atoms with E-state index in [1.54, 1.807) is 28.9 Å². The standard InChI is InChI=1S/C24H18Cl2N4O4S/c1-15(31)29-35(33,34)19-10-8-17(9-11-19)27-24(32)22-14-23(20-12-7-16(25)13-21(20)26)30(28-22)18-5-3-2-4-6-18/h2-14H,1H3,(H,27,32)(H,29,31). The van der Waals surface area contributed by atoms with Crippen molar-refractivity contribution < 1.29 is 18.0 Å². The van der Waals surface area contributed by atoms with Gasteiger partial charge in [-0.3, -0.25) is 9.59 Å². The van der Waals surface area contributed by atoms with Gasteiger partial charge in [-0.2, -0.15) is 5.10 Å². The monoisotopic (exact) mass is 528 g/mol. The molecule has 0 aliphatic rings. The summed E-state index contributed by atoms with van der Waals surface area (Å²) in [5.74, 6) is -1.21. The van der Waals surface area contributed by atoms with Crippen LogP contribution in [0.4, 0.5) is 5.69 Å². The molecule has 0 saturated heterocycles. The van der Waals surface area contributed by atoms with Gasteiger partial charge in [0.2, 0.25) is 5.91 Å². The molecule has 0 aliphatic heterocycles. The topological polar surface area (TPSA) is 110 Å². The van der Waals surface area contributed by atoms with Crippen LogP contribution in [0.2, 0.25) is 10.0 Å². The van der Waals surface area contributed by atoms with Gasteiger partial charge in [0.15, 0.2) is 5.69 Å². The molecule has 178 valence electrons. The molecule has 0 radical (unpaired) electrons. The lowest BCUT2D eigenvalue weighted by Crippen LogP contribution is -2.28. The van der Waals surface area contributed by atoms with Crippen molar-refractivity contribution in [3.63, 3.8) is 0 Å². The first-order valence-electron chi connectivity index (χ1n) is 10.2. The van der Waals surface area contributed by atoms with Crippen molar-refractivity contribution >= 4 is 50.7 Å². The second-order valence-electron chi connectivity index (χ2n) is 7.43. The fourth-order valence-corrected chi connectivity index (χ4v) is 4.80. The van der Waals surface area contributed by atoms with Gasteiger partial charge in [0.05, 0.1) is 21.3 Å². The van der Waals surface area contributed by atoms with Crippen LogP contribution in [-0.2, 0) is 14.8 Å². The number of halogens is 2. The Balaban J connectivity index is 1.66. The van der Waals surface area contributed by atoms with Crippen molar-refractivity contribution in [2.45, 2.75) is 11.8 Å². The number of hydrogen-bond donors (Lipinski definition) is 2. The summed E-state index contributed by atoms with van der Waals surface area (Å²) in [5.41, 5.74) is 2.40. The molecule has 1 aromatic heterocycles. The first-order valence-corrected chi connectivity index (χ1v) is 12.4. The first-order chi connectivity index (χ1) is 16.6. The van der Waals surface area contributed by atoms with Crippen LogP contribution in [-0.4, -0.2) is 30.0 Å². The Morgan fingerprint density at radius 1 is 0.914 bits per heavy atom. The highest BCUT2D eigenvalue weighted by Gasteiger charge is 2.20. The summed E-state index contributed by atoms with van der Waals surface area (Å²) >= 11 is 12.5. The van der Waals surface area contributed by atoms with Gasteiger partial charge in [0.25, 0.3) is 15.9 Å². The molecule has 0 fully saturated rings. The highest BCUT2D eigenvalue weighted by molar-refractivity contribution is 7.90. The van der Waals surface area contributed by atoms with Gasteiger partial charge >= 0.3 is 0 Å². The summed E-state index contributed by atoms with van der Waals surface area (Å²) in [6, 6.07) is 21.3. The average molecular weight is 529 g/mol. The largest absolute Gasteiger partial charge is 0.321 e. The average Bonchev–Trinajstić information content (AvgIpc) is 3.24. The summed E-state index contributed by atoms with van der Waals surface area (Å²) in [5, 5.41) is 8.05. The van der Waals surface area contributed by atoms with Gasteiger partial charge in [-0.15, -0.1) is 0 Å². The summed E-state index contributed by atoms with van der Waals surface area (Å²) < 4.78 is 27.7. The second-order valence-corrected chi connectivity index (χ2v) is 9.95. The molecule has 4 aromatic rings. The maximum absolute atomic E-state index is 13.0. The third-order valence-electron chi connectivity index (χ3n) is 4.85. The molecule has 1 heterocycles. The van der Waals surface area contributed by atoms with Crippen molar-refractivity contribution in [3.8, 4) is 16.9 Å². The number of aromatic nitrogens is 2. The van der Waals surface area contributed by atoms with Crippen molar-refractivity contribution in [2.24, 2.45) is 0 Å². The second kappa shape index (κ2) is 9.91. The zero-order chi connectivity index (χ0) is 25.2. The van der Waals surface area contributed by atoms with Crippen LogP contribution in [0.1, 0.15) is 17.4 Å². The number of amides is 2. The van der Waals surface area contributed by atoms with Crippen LogP contribution >= 0.6 is 23.2 Å². The summed E-state index contributed by atoms with van der Waals surface area (Å²) in [6.07, 6.45) is 0. The molecule has 0 bridgehead atoms. The molecular formula is C24H18Cl2N4O4S. The number of hydrogen-bond acceptors (Lipinski definition) is 5. The maximum Gasteiger partial charge on any atom is 0.276 e. The van der Waals surface area contributed by atoms with Gasteiger partial charge in [-0.05, 0) is 60.7 Å². The van der Waals surface area contributed by atoms with Gasteiger partial charge in [-0.25, -0.2) is 17.8 Å². The lowest BCUT2D eigenvalue weighted by Gasteiger charge is -2.09. The number of nitrogens with one attached hydrogen (secondary N) is 2. The van der Waals surface area contributed by atoms with Crippen LogP contribution in [0.3, 0.4) is 0 Å². The van der Waals surface area contributed by atoms with Crippen molar-refractivity contribution in [3.05, 3.63) is 94.6 Å². The van der Waals surface area contributed by atoms with Crippen LogP contribution in [0, 0.1) is 0 Å². The Hall–Kier alpha value is -3.66. The van der Waals surface area contributed by atoms with Crippen molar-refractivity contribution in [1.29, 1.82) is 0 Å². The summed E-state index contributed by atoms with van der Waals surface area (Å²) in [4.78, 5) is 24.0. The highest BCUT2D eigenvalue weighted by Crippen LogP contribution is 2.32. The fourth-order valence-electron chi connectivity index (χ4n) is 3.31. The molecule has 2 amide bonds. The molecule has 3 aromatic carbocycles. The number of benzene rings is 3. The SMILES string of the molecule is CC(=O)NS(=O)(=O)c1ccc(NC(=O)c2cc(-c3ccc(Cl)cc3Cl)n(-c3ccccc3)n2)cc1. The maximum atomic E-state index is 13.0. The molecule has 4 rings (SSSR count). The number of sulfonamides is 1. The Labute approximate surface area is 211 Å². The Kier molecular flexibility index (Phi) is 6.93. The molecule has 0 saturated carbocycles. The smallest absolute Gasteiger partial charge is 0.276 e. The van der Waals surface area contributed by atoms with Crippen molar-refractivity contribution in [2.75, 3.05) is 5.32 Å². The van der Waals surface area contributed by atoms with Crippen LogP contribution < -0.4 is 10.0 Å². The first kappa shape index (κ1) is 24.5. The molecule has 8 nitrogen and oxygen atoms in total. The van der Waals surface area contributed by atoms with Gasteiger partial charge in [0, 0.05) is 23.2 Å². The summed E-state index contributed by atoms with van der Waals surface area (Å²) in [7, 11) is -3.98. The Morgan fingerprint density at radius 2 is 1.60 bits per heavy atom. The third-order valence-corrected chi connectivity index (χ3v) is 6.85. The molecule has 0 spiro atoms.